The molecule has 10 heteroatoms. The Bertz CT molecular complexity index is 1120. The molecule has 31 heavy (non-hydrogen) atoms. The van der Waals surface area contributed by atoms with Gasteiger partial charge in [0.15, 0.2) is 5.56 Å². The van der Waals surface area contributed by atoms with Gasteiger partial charge < -0.3 is 15.1 Å². The van der Waals surface area contributed by atoms with Gasteiger partial charge in [0.25, 0.3) is 11.5 Å². The third-order valence-electron chi connectivity index (χ3n) is 5.51. The van der Waals surface area contributed by atoms with Crippen molar-refractivity contribution in [2.75, 3.05) is 13.6 Å². The number of amides is 1. The number of aromatic nitrogens is 2. The lowest BCUT2D eigenvalue weighted by Gasteiger charge is -2.26. The van der Waals surface area contributed by atoms with Gasteiger partial charge in [-0.15, -0.1) is 0 Å². The molecule has 1 aliphatic carbocycles. The molecule has 0 radical (unpaired) electrons. The Morgan fingerprint density at radius 1 is 1.16 bits per heavy atom. The molecule has 0 aliphatic heterocycles. The zero-order valence-corrected chi connectivity index (χ0v) is 17.8. The SMILES string of the molecule is CN(CC(=O)O)C(=O)c1c(O)n(Cc2ccccc2Cl)c(=O)n(C2CCCCC2)c1=O. The van der Waals surface area contributed by atoms with Gasteiger partial charge in [-0.1, -0.05) is 49.1 Å². The number of hydrogen-bond acceptors (Lipinski definition) is 5. The second kappa shape index (κ2) is 9.38. The van der Waals surface area contributed by atoms with Gasteiger partial charge in [0.05, 0.1) is 6.54 Å². The standard InChI is InChI=1S/C21H24ClN3O6/c1-23(12-16(26)27)18(28)17-19(29)24(11-13-7-5-6-10-15(13)22)21(31)25(20(17)30)14-8-3-2-4-9-14/h5-7,10,14,29H,2-4,8-9,11-12H2,1H3,(H,26,27). The second-order valence-electron chi connectivity index (χ2n) is 7.68. The molecule has 0 saturated heterocycles. The van der Waals surface area contributed by atoms with Crippen LogP contribution in [0.1, 0.15) is 54.1 Å². The highest BCUT2D eigenvalue weighted by Gasteiger charge is 2.30. The topological polar surface area (TPSA) is 122 Å². The van der Waals surface area contributed by atoms with Crippen molar-refractivity contribution in [2.45, 2.75) is 44.7 Å². The molecule has 1 heterocycles. The highest BCUT2D eigenvalue weighted by Crippen LogP contribution is 2.27. The maximum atomic E-state index is 13.3. The number of nitrogens with zero attached hydrogens (tertiary/aromatic N) is 3. The Balaban J connectivity index is 2.21. The minimum Gasteiger partial charge on any atom is -0.494 e. The molecule has 0 unspecified atom stereocenters. The highest BCUT2D eigenvalue weighted by molar-refractivity contribution is 6.31. The van der Waals surface area contributed by atoms with E-state index in [0.717, 1.165) is 33.3 Å². The van der Waals surface area contributed by atoms with E-state index in [-0.39, 0.29) is 6.54 Å². The van der Waals surface area contributed by atoms with Gasteiger partial charge in [-0.3, -0.25) is 23.5 Å². The Labute approximate surface area is 183 Å². The normalized spacial score (nSPS) is 14.4. The molecule has 0 bridgehead atoms. The summed E-state index contributed by atoms with van der Waals surface area (Å²) < 4.78 is 1.97. The molecule has 1 fully saturated rings. The van der Waals surface area contributed by atoms with E-state index in [9.17, 15) is 24.3 Å². The number of carboxylic acid groups (broad SMARTS) is 1. The fraction of sp³-hybridized carbons (Fsp3) is 0.429. The van der Waals surface area contributed by atoms with Gasteiger partial charge in [0.2, 0.25) is 5.88 Å². The zero-order chi connectivity index (χ0) is 22.7. The van der Waals surface area contributed by atoms with Gasteiger partial charge in [-0.2, -0.15) is 0 Å². The van der Waals surface area contributed by atoms with E-state index in [4.69, 9.17) is 16.7 Å². The predicted octanol–water partition coefficient (Wildman–Crippen LogP) is 2.08. The first-order valence-electron chi connectivity index (χ1n) is 10.0. The molecule has 1 saturated carbocycles. The molecular weight excluding hydrogens is 426 g/mol. The molecule has 3 rings (SSSR count). The van der Waals surface area contributed by atoms with Crippen LogP contribution in [0, 0.1) is 0 Å². The van der Waals surface area contributed by atoms with Crippen LogP contribution in [0.4, 0.5) is 0 Å². The largest absolute Gasteiger partial charge is 0.494 e. The molecule has 1 aromatic carbocycles. The van der Waals surface area contributed by atoms with Gasteiger partial charge in [0.1, 0.15) is 6.54 Å². The number of aliphatic carboxylic acids is 1. The number of rotatable bonds is 6. The van der Waals surface area contributed by atoms with Gasteiger partial charge in [-0.05, 0) is 24.5 Å². The highest BCUT2D eigenvalue weighted by atomic mass is 35.5. The molecule has 2 aromatic rings. The minimum atomic E-state index is -1.27. The number of halogens is 1. The Morgan fingerprint density at radius 2 is 1.81 bits per heavy atom. The third-order valence-corrected chi connectivity index (χ3v) is 5.88. The van der Waals surface area contributed by atoms with Crippen molar-refractivity contribution in [1.29, 1.82) is 0 Å². The average Bonchev–Trinajstić information content (AvgIpc) is 2.72. The van der Waals surface area contributed by atoms with E-state index < -0.39 is 47.2 Å². The van der Waals surface area contributed by atoms with Crippen LogP contribution >= 0.6 is 11.6 Å². The summed E-state index contributed by atoms with van der Waals surface area (Å²) >= 11 is 6.20. The minimum absolute atomic E-state index is 0.153. The number of hydrogen-bond donors (Lipinski definition) is 2. The van der Waals surface area contributed by atoms with E-state index in [2.05, 4.69) is 0 Å². The van der Waals surface area contributed by atoms with Gasteiger partial charge in [0, 0.05) is 18.1 Å². The smallest absolute Gasteiger partial charge is 0.334 e. The molecule has 166 valence electrons. The van der Waals surface area contributed by atoms with E-state index >= 15 is 0 Å². The maximum Gasteiger partial charge on any atom is 0.334 e. The summed E-state index contributed by atoms with van der Waals surface area (Å²) in [5.74, 6) is -3.04. The molecule has 2 N–H and O–H groups in total. The lowest BCUT2D eigenvalue weighted by atomic mass is 9.95. The van der Waals surface area contributed by atoms with E-state index in [1.165, 1.54) is 7.05 Å². The summed E-state index contributed by atoms with van der Waals surface area (Å²) in [6, 6.07) is 6.33. The summed E-state index contributed by atoms with van der Waals surface area (Å²) in [6.07, 6.45) is 3.87. The van der Waals surface area contributed by atoms with Crippen molar-refractivity contribution in [2.24, 2.45) is 0 Å². The van der Waals surface area contributed by atoms with E-state index in [1.807, 2.05) is 0 Å². The summed E-state index contributed by atoms with van der Waals surface area (Å²) in [6.45, 7) is -0.814. The van der Waals surface area contributed by atoms with Crippen molar-refractivity contribution in [3.63, 3.8) is 0 Å². The van der Waals surface area contributed by atoms with Crippen molar-refractivity contribution >= 4 is 23.5 Å². The summed E-state index contributed by atoms with van der Waals surface area (Å²) in [5, 5.41) is 20.1. The number of carbonyl (C=O) groups is 2. The van der Waals surface area contributed by atoms with Crippen molar-refractivity contribution in [3.8, 4) is 5.88 Å². The van der Waals surface area contributed by atoms with Gasteiger partial charge in [-0.25, -0.2) is 4.79 Å². The molecular formula is C21H24ClN3O6. The van der Waals surface area contributed by atoms with Gasteiger partial charge >= 0.3 is 11.7 Å². The van der Waals surface area contributed by atoms with Crippen LogP contribution in [0.5, 0.6) is 5.88 Å². The monoisotopic (exact) mass is 449 g/mol. The predicted molar refractivity (Wildman–Crippen MR) is 114 cm³/mol. The molecule has 1 aromatic heterocycles. The molecule has 1 amide bonds. The summed E-state index contributed by atoms with van der Waals surface area (Å²) in [5.41, 5.74) is -1.74. The third kappa shape index (κ3) is 4.66. The summed E-state index contributed by atoms with van der Waals surface area (Å²) in [4.78, 5) is 51.2. The summed E-state index contributed by atoms with van der Waals surface area (Å²) in [7, 11) is 1.21. The van der Waals surface area contributed by atoms with Crippen LogP contribution in [-0.2, 0) is 11.3 Å². The van der Waals surface area contributed by atoms with Crippen LogP contribution in [-0.4, -0.2) is 49.7 Å². The quantitative estimate of drug-likeness (QED) is 0.696. The molecule has 9 nitrogen and oxygen atoms in total. The Kier molecular flexibility index (Phi) is 6.84. The average molecular weight is 450 g/mol. The first-order chi connectivity index (χ1) is 14.7. The zero-order valence-electron chi connectivity index (χ0n) is 17.1. The number of carboxylic acids is 1. The van der Waals surface area contributed by atoms with E-state index in [1.54, 1.807) is 24.3 Å². The maximum absolute atomic E-state index is 13.3. The van der Waals surface area contributed by atoms with Crippen molar-refractivity contribution in [3.05, 3.63) is 61.3 Å². The second-order valence-corrected chi connectivity index (χ2v) is 8.09. The lowest BCUT2D eigenvalue weighted by molar-refractivity contribution is -0.137. The first kappa shape index (κ1) is 22.6. The van der Waals surface area contributed by atoms with E-state index in [0.29, 0.717) is 23.4 Å². The Hall–Kier alpha value is -3.07. The van der Waals surface area contributed by atoms with Crippen LogP contribution in [0.2, 0.25) is 5.02 Å². The number of aromatic hydroxyl groups is 1. The first-order valence-corrected chi connectivity index (χ1v) is 10.4. The fourth-order valence-corrected chi connectivity index (χ4v) is 4.11. The molecule has 1 aliphatic rings. The molecule has 0 atom stereocenters. The molecule has 0 spiro atoms. The van der Waals surface area contributed by atoms with Crippen molar-refractivity contribution in [1.82, 2.24) is 14.0 Å². The van der Waals surface area contributed by atoms with Crippen molar-refractivity contribution < 1.29 is 19.8 Å². The number of benzene rings is 1. The number of likely N-dealkylation sites (N-methyl/N-ethyl adjacent to an activating group) is 1. The Morgan fingerprint density at radius 3 is 2.42 bits per heavy atom. The van der Waals surface area contributed by atoms with Crippen LogP contribution < -0.4 is 11.2 Å². The van der Waals surface area contributed by atoms with Crippen LogP contribution in [0.15, 0.2) is 33.9 Å². The number of carbonyl (C=O) groups excluding carboxylic acids is 1. The van der Waals surface area contributed by atoms with Crippen LogP contribution in [0.25, 0.3) is 0 Å². The lowest BCUT2D eigenvalue weighted by Crippen LogP contribution is -2.47. The fourth-order valence-electron chi connectivity index (χ4n) is 3.91. The van der Waals surface area contributed by atoms with Crippen LogP contribution in [0.3, 0.4) is 0 Å².